The first-order valence-electron chi connectivity index (χ1n) is 9.22. The van der Waals surface area contributed by atoms with Crippen molar-refractivity contribution in [1.29, 1.82) is 0 Å². The normalized spacial score (nSPS) is 15.9. The molecule has 28 heavy (non-hydrogen) atoms. The van der Waals surface area contributed by atoms with E-state index < -0.39 is 0 Å². The molecule has 2 heterocycles. The summed E-state index contributed by atoms with van der Waals surface area (Å²) in [6, 6.07) is 9.60. The van der Waals surface area contributed by atoms with Crippen LogP contribution in [0.3, 0.4) is 0 Å². The molecule has 0 radical (unpaired) electrons. The van der Waals surface area contributed by atoms with E-state index in [1.54, 1.807) is 14.0 Å². The SMILES string of the molecule is CCOC(=O)c1sc(-c2ccc(OC)cc2)cc1NC(=S)NC[C@@H]1CCCO1. The third-order valence-corrected chi connectivity index (χ3v) is 5.74. The number of methoxy groups -OCH3 is 1. The number of thiocarbonyl (C=S) groups is 1. The van der Waals surface area contributed by atoms with E-state index >= 15 is 0 Å². The summed E-state index contributed by atoms with van der Waals surface area (Å²) in [4.78, 5) is 13.8. The predicted octanol–water partition coefficient (Wildman–Crippen LogP) is 4.07. The summed E-state index contributed by atoms with van der Waals surface area (Å²) in [6.07, 6.45) is 2.29. The molecule has 2 aromatic rings. The van der Waals surface area contributed by atoms with Gasteiger partial charge in [0.25, 0.3) is 0 Å². The zero-order valence-corrected chi connectivity index (χ0v) is 17.6. The van der Waals surface area contributed by atoms with Gasteiger partial charge in [0.2, 0.25) is 0 Å². The number of hydrogen-bond donors (Lipinski definition) is 2. The Bertz CT molecular complexity index is 814. The smallest absolute Gasteiger partial charge is 0.350 e. The van der Waals surface area contributed by atoms with Gasteiger partial charge < -0.3 is 24.8 Å². The van der Waals surface area contributed by atoms with Crippen LogP contribution in [-0.2, 0) is 9.47 Å². The molecule has 150 valence electrons. The minimum Gasteiger partial charge on any atom is -0.497 e. The van der Waals surface area contributed by atoms with Gasteiger partial charge in [-0.05, 0) is 67.9 Å². The monoisotopic (exact) mass is 420 g/mol. The second kappa shape index (κ2) is 9.86. The maximum absolute atomic E-state index is 12.4. The molecule has 0 bridgehead atoms. The number of anilines is 1. The molecule has 0 unspecified atom stereocenters. The maximum Gasteiger partial charge on any atom is 0.350 e. The van der Waals surface area contributed by atoms with Crippen molar-refractivity contribution in [1.82, 2.24) is 5.32 Å². The summed E-state index contributed by atoms with van der Waals surface area (Å²) in [5.41, 5.74) is 1.63. The standard InChI is InChI=1S/C20H24N2O4S2/c1-3-25-19(23)18-16(22-20(27)21-12-15-5-4-10-26-15)11-17(28-18)13-6-8-14(24-2)9-7-13/h6-9,11,15H,3-5,10,12H2,1-2H3,(H2,21,22,27)/t15-/m0/s1. The van der Waals surface area contributed by atoms with Crippen molar-refractivity contribution in [2.75, 3.05) is 32.2 Å². The molecule has 1 atom stereocenters. The van der Waals surface area contributed by atoms with Gasteiger partial charge in [0.1, 0.15) is 10.6 Å². The van der Waals surface area contributed by atoms with Crippen LogP contribution in [0.1, 0.15) is 29.4 Å². The number of carbonyl (C=O) groups excluding carboxylic acids is 1. The highest BCUT2D eigenvalue weighted by molar-refractivity contribution is 7.80. The number of thiophene rings is 1. The van der Waals surface area contributed by atoms with Gasteiger partial charge in [0.05, 0.1) is 25.5 Å². The lowest BCUT2D eigenvalue weighted by atomic mass is 10.2. The molecular formula is C20H24N2O4S2. The van der Waals surface area contributed by atoms with Crippen LogP contribution in [0.2, 0.25) is 0 Å². The highest BCUT2D eigenvalue weighted by atomic mass is 32.1. The van der Waals surface area contributed by atoms with E-state index in [9.17, 15) is 4.79 Å². The van der Waals surface area contributed by atoms with E-state index in [2.05, 4.69) is 10.6 Å². The third kappa shape index (κ3) is 5.21. The number of benzene rings is 1. The van der Waals surface area contributed by atoms with Gasteiger partial charge in [-0.2, -0.15) is 0 Å². The fourth-order valence-corrected chi connectivity index (χ4v) is 4.11. The number of carbonyl (C=O) groups is 1. The molecule has 0 saturated carbocycles. The van der Waals surface area contributed by atoms with Crippen LogP contribution in [0.25, 0.3) is 10.4 Å². The summed E-state index contributed by atoms with van der Waals surface area (Å²) in [6.45, 7) is 3.55. The average Bonchev–Trinajstić information content (AvgIpc) is 3.37. The number of rotatable bonds is 7. The molecule has 6 nitrogen and oxygen atoms in total. The summed E-state index contributed by atoms with van der Waals surface area (Å²) >= 11 is 6.77. The molecule has 1 fully saturated rings. The Morgan fingerprint density at radius 2 is 2.14 bits per heavy atom. The largest absolute Gasteiger partial charge is 0.497 e. The quantitative estimate of drug-likeness (QED) is 0.517. The lowest BCUT2D eigenvalue weighted by molar-refractivity contribution is 0.0533. The molecule has 3 rings (SSSR count). The van der Waals surface area contributed by atoms with Crippen molar-refractivity contribution >= 4 is 40.3 Å². The third-order valence-electron chi connectivity index (χ3n) is 4.33. The first-order valence-corrected chi connectivity index (χ1v) is 10.4. The molecule has 1 aliphatic heterocycles. The molecule has 1 aromatic carbocycles. The van der Waals surface area contributed by atoms with Gasteiger partial charge in [0, 0.05) is 18.0 Å². The number of hydrogen-bond acceptors (Lipinski definition) is 6. The van der Waals surface area contributed by atoms with E-state index in [-0.39, 0.29) is 12.1 Å². The Morgan fingerprint density at radius 1 is 1.36 bits per heavy atom. The topological polar surface area (TPSA) is 68.8 Å². The number of esters is 1. The van der Waals surface area contributed by atoms with Gasteiger partial charge in [-0.25, -0.2) is 4.79 Å². The Labute approximate surface area is 174 Å². The zero-order valence-electron chi connectivity index (χ0n) is 15.9. The average molecular weight is 421 g/mol. The van der Waals surface area contributed by atoms with Crippen LogP contribution in [0.4, 0.5) is 5.69 Å². The van der Waals surface area contributed by atoms with Crippen LogP contribution in [0.5, 0.6) is 5.75 Å². The highest BCUT2D eigenvalue weighted by Gasteiger charge is 2.20. The van der Waals surface area contributed by atoms with Crippen LogP contribution in [-0.4, -0.2) is 44.1 Å². The van der Waals surface area contributed by atoms with E-state index in [1.807, 2.05) is 30.3 Å². The number of nitrogens with one attached hydrogen (secondary N) is 2. The predicted molar refractivity (Wildman–Crippen MR) is 115 cm³/mol. The zero-order chi connectivity index (χ0) is 19.9. The minimum atomic E-state index is -0.364. The molecule has 1 saturated heterocycles. The molecule has 0 amide bonds. The summed E-state index contributed by atoms with van der Waals surface area (Å²) in [5.74, 6) is 0.417. The lowest BCUT2D eigenvalue weighted by Gasteiger charge is -2.14. The summed E-state index contributed by atoms with van der Waals surface area (Å²) in [5, 5.41) is 6.76. The van der Waals surface area contributed by atoms with Gasteiger partial charge in [-0.1, -0.05) is 0 Å². The van der Waals surface area contributed by atoms with E-state index in [0.29, 0.717) is 28.8 Å². The van der Waals surface area contributed by atoms with Crippen LogP contribution in [0.15, 0.2) is 30.3 Å². The second-order valence-electron chi connectivity index (χ2n) is 6.27. The second-order valence-corrected chi connectivity index (χ2v) is 7.73. The summed E-state index contributed by atoms with van der Waals surface area (Å²) in [7, 11) is 1.63. The van der Waals surface area contributed by atoms with E-state index in [1.165, 1.54) is 11.3 Å². The Balaban J connectivity index is 1.75. The van der Waals surface area contributed by atoms with Gasteiger partial charge >= 0.3 is 5.97 Å². The Morgan fingerprint density at radius 3 is 2.79 bits per heavy atom. The van der Waals surface area contributed by atoms with Gasteiger partial charge in [-0.15, -0.1) is 11.3 Å². The fourth-order valence-electron chi connectivity index (χ4n) is 2.91. The van der Waals surface area contributed by atoms with Crippen molar-refractivity contribution in [2.45, 2.75) is 25.9 Å². The lowest BCUT2D eigenvalue weighted by Crippen LogP contribution is -2.35. The Kier molecular flexibility index (Phi) is 7.24. The van der Waals surface area contributed by atoms with Gasteiger partial charge in [0.15, 0.2) is 5.11 Å². The first kappa shape index (κ1) is 20.6. The molecule has 0 aliphatic carbocycles. The fraction of sp³-hybridized carbons (Fsp3) is 0.400. The molecular weight excluding hydrogens is 396 g/mol. The van der Waals surface area contributed by atoms with Crippen LogP contribution >= 0.6 is 23.6 Å². The highest BCUT2D eigenvalue weighted by Crippen LogP contribution is 2.36. The molecule has 0 spiro atoms. The van der Waals surface area contributed by atoms with Crippen LogP contribution in [0, 0.1) is 0 Å². The molecule has 1 aliphatic rings. The summed E-state index contributed by atoms with van der Waals surface area (Å²) < 4.78 is 16.0. The van der Waals surface area contributed by atoms with Crippen molar-refractivity contribution in [3.63, 3.8) is 0 Å². The first-order chi connectivity index (χ1) is 13.6. The number of ether oxygens (including phenoxy) is 3. The van der Waals surface area contributed by atoms with Crippen molar-refractivity contribution in [3.05, 3.63) is 35.2 Å². The van der Waals surface area contributed by atoms with Crippen molar-refractivity contribution in [2.24, 2.45) is 0 Å². The maximum atomic E-state index is 12.4. The molecule has 8 heteroatoms. The van der Waals surface area contributed by atoms with Crippen molar-refractivity contribution < 1.29 is 19.0 Å². The van der Waals surface area contributed by atoms with Crippen molar-refractivity contribution in [3.8, 4) is 16.2 Å². The van der Waals surface area contributed by atoms with E-state index in [0.717, 1.165) is 35.6 Å². The van der Waals surface area contributed by atoms with E-state index in [4.69, 9.17) is 26.4 Å². The van der Waals surface area contributed by atoms with Crippen LogP contribution < -0.4 is 15.4 Å². The molecule has 2 N–H and O–H groups in total. The molecule has 1 aromatic heterocycles. The van der Waals surface area contributed by atoms with Gasteiger partial charge in [-0.3, -0.25) is 0 Å². The Hall–Kier alpha value is -2.16. The minimum absolute atomic E-state index is 0.182.